The van der Waals surface area contributed by atoms with Crippen molar-refractivity contribution in [2.24, 2.45) is 9.98 Å². The van der Waals surface area contributed by atoms with E-state index in [9.17, 15) is 10.2 Å². The normalized spacial score (nSPS) is 11.4. The molecule has 0 aliphatic rings. The topological polar surface area (TPSA) is 104 Å². The van der Waals surface area contributed by atoms with Gasteiger partial charge in [-0.05, 0) is 48.5 Å². The molecule has 0 saturated carbocycles. The Labute approximate surface area is 235 Å². The standard InChI is InChI=1S/C22H16N2O3.C12H8N2/c25-18-10-4-1-7-15(18)13-23-21-17-9-3-6-12-20(17)27-22(21)24-14-16-8-2-5-11-19(16)26;1-3-9-5-6-10-4-2-8-14-12(10)11(9)13-7-1/h1-14,25-26H;1-8H. The summed E-state index contributed by atoms with van der Waals surface area (Å²) in [5, 5.41) is 22.9. The second-order valence-corrected chi connectivity index (χ2v) is 9.10. The van der Waals surface area contributed by atoms with E-state index in [-0.39, 0.29) is 11.5 Å². The molecule has 0 saturated heterocycles. The maximum Gasteiger partial charge on any atom is 0.246 e. The Balaban J connectivity index is 0.000000180. The van der Waals surface area contributed by atoms with Crippen LogP contribution in [-0.2, 0) is 0 Å². The molecular formula is C34H24N4O3. The lowest BCUT2D eigenvalue weighted by Crippen LogP contribution is -1.83. The first-order valence-electron chi connectivity index (χ1n) is 12.9. The van der Waals surface area contributed by atoms with Crippen LogP contribution in [0.15, 0.2) is 136 Å². The Morgan fingerprint density at radius 1 is 0.561 bits per heavy atom. The van der Waals surface area contributed by atoms with Crippen LogP contribution in [0.3, 0.4) is 0 Å². The second kappa shape index (κ2) is 11.5. The number of phenolic OH excluding ortho intramolecular Hbond substituents is 2. The molecule has 7 rings (SSSR count). The molecule has 0 bridgehead atoms. The van der Waals surface area contributed by atoms with E-state index in [0.29, 0.717) is 28.3 Å². The summed E-state index contributed by atoms with van der Waals surface area (Å²) in [5.41, 5.74) is 4.34. The van der Waals surface area contributed by atoms with Crippen LogP contribution in [0.1, 0.15) is 11.1 Å². The van der Waals surface area contributed by atoms with Gasteiger partial charge in [-0.25, -0.2) is 9.98 Å². The van der Waals surface area contributed by atoms with Gasteiger partial charge in [0.15, 0.2) is 0 Å². The van der Waals surface area contributed by atoms with Gasteiger partial charge in [0, 0.05) is 52.1 Å². The van der Waals surface area contributed by atoms with Gasteiger partial charge in [-0.1, -0.05) is 60.7 Å². The smallest absolute Gasteiger partial charge is 0.246 e. The van der Waals surface area contributed by atoms with Gasteiger partial charge in [0.25, 0.3) is 0 Å². The zero-order valence-corrected chi connectivity index (χ0v) is 21.8. The Bertz CT molecular complexity index is 1990. The molecule has 3 heterocycles. The summed E-state index contributed by atoms with van der Waals surface area (Å²) < 4.78 is 5.82. The number of benzene rings is 4. The van der Waals surface area contributed by atoms with E-state index in [1.807, 2.05) is 48.5 Å². The monoisotopic (exact) mass is 536 g/mol. The molecule has 0 spiro atoms. The molecule has 3 aromatic heterocycles. The zero-order valence-electron chi connectivity index (χ0n) is 21.8. The average Bonchev–Trinajstić information content (AvgIpc) is 3.38. The highest BCUT2D eigenvalue weighted by molar-refractivity contribution is 6.02. The van der Waals surface area contributed by atoms with E-state index in [2.05, 4.69) is 44.2 Å². The predicted molar refractivity (Wildman–Crippen MR) is 164 cm³/mol. The number of aromatic hydroxyl groups is 2. The fraction of sp³-hybridized carbons (Fsp3) is 0. The van der Waals surface area contributed by atoms with E-state index in [1.54, 1.807) is 55.0 Å². The van der Waals surface area contributed by atoms with Crippen LogP contribution in [-0.4, -0.2) is 32.6 Å². The summed E-state index contributed by atoms with van der Waals surface area (Å²) in [6.07, 6.45) is 6.71. The molecule has 0 aliphatic carbocycles. The number of para-hydroxylation sites is 3. The summed E-state index contributed by atoms with van der Waals surface area (Å²) in [4.78, 5) is 17.6. The molecule has 0 radical (unpaired) electrons. The third kappa shape index (κ3) is 5.51. The first kappa shape index (κ1) is 25.5. The van der Waals surface area contributed by atoms with E-state index < -0.39 is 0 Å². The maximum absolute atomic E-state index is 9.93. The lowest BCUT2D eigenvalue weighted by atomic mass is 10.1. The Morgan fingerprint density at radius 3 is 1.71 bits per heavy atom. The molecule has 0 aliphatic heterocycles. The van der Waals surface area contributed by atoms with Crippen LogP contribution < -0.4 is 0 Å². The van der Waals surface area contributed by atoms with Gasteiger partial charge < -0.3 is 14.6 Å². The summed E-state index contributed by atoms with van der Waals surface area (Å²) in [6.45, 7) is 0. The molecule has 2 N–H and O–H groups in total. The molecule has 0 amide bonds. The van der Waals surface area contributed by atoms with Crippen molar-refractivity contribution in [1.82, 2.24) is 9.97 Å². The molecule has 7 nitrogen and oxygen atoms in total. The van der Waals surface area contributed by atoms with E-state index in [0.717, 1.165) is 27.2 Å². The molecule has 0 atom stereocenters. The number of hydrogen-bond donors (Lipinski definition) is 2. The number of hydrogen-bond acceptors (Lipinski definition) is 7. The van der Waals surface area contributed by atoms with Gasteiger partial charge in [-0.3, -0.25) is 9.97 Å². The van der Waals surface area contributed by atoms with Gasteiger partial charge in [0.1, 0.15) is 22.8 Å². The number of rotatable bonds is 4. The van der Waals surface area contributed by atoms with Crippen molar-refractivity contribution in [1.29, 1.82) is 0 Å². The van der Waals surface area contributed by atoms with Crippen LogP contribution in [0.25, 0.3) is 32.8 Å². The van der Waals surface area contributed by atoms with E-state index >= 15 is 0 Å². The fourth-order valence-corrected chi connectivity index (χ4v) is 4.37. The van der Waals surface area contributed by atoms with Gasteiger partial charge >= 0.3 is 0 Å². The van der Waals surface area contributed by atoms with Crippen molar-refractivity contribution in [3.63, 3.8) is 0 Å². The highest BCUT2D eigenvalue weighted by Crippen LogP contribution is 2.39. The summed E-state index contributed by atoms with van der Waals surface area (Å²) in [7, 11) is 0. The Kier molecular flexibility index (Phi) is 7.15. The third-order valence-electron chi connectivity index (χ3n) is 6.42. The first-order valence-corrected chi connectivity index (χ1v) is 12.9. The largest absolute Gasteiger partial charge is 0.507 e. The third-order valence-corrected chi connectivity index (χ3v) is 6.42. The Morgan fingerprint density at radius 2 is 1.10 bits per heavy atom. The minimum Gasteiger partial charge on any atom is -0.507 e. The van der Waals surface area contributed by atoms with Crippen molar-refractivity contribution < 1.29 is 14.6 Å². The molecule has 41 heavy (non-hydrogen) atoms. The van der Waals surface area contributed by atoms with Crippen molar-refractivity contribution in [2.75, 3.05) is 0 Å². The van der Waals surface area contributed by atoms with Crippen LogP contribution in [0.4, 0.5) is 11.6 Å². The highest BCUT2D eigenvalue weighted by Gasteiger charge is 2.12. The zero-order chi connectivity index (χ0) is 28.0. The number of aliphatic imine (C=N–C) groups is 2. The fourth-order valence-electron chi connectivity index (χ4n) is 4.37. The van der Waals surface area contributed by atoms with E-state index in [1.165, 1.54) is 6.21 Å². The average molecular weight is 537 g/mol. The molecule has 198 valence electrons. The SMILES string of the molecule is Oc1ccccc1C=Nc1oc2ccccc2c1N=Cc1ccccc1O.c1cnc2c(c1)ccc1cccnc12. The first-order chi connectivity index (χ1) is 20.2. The molecular weight excluding hydrogens is 512 g/mol. The summed E-state index contributed by atoms with van der Waals surface area (Å²) in [6, 6.07) is 33.5. The van der Waals surface area contributed by atoms with Crippen molar-refractivity contribution >= 4 is 56.8 Å². The molecule has 4 aromatic carbocycles. The predicted octanol–water partition coefficient (Wildman–Crippen LogP) is 8.13. The highest BCUT2D eigenvalue weighted by atomic mass is 16.3. The Hall–Kier alpha value is -5.82. The number of pyridine rings is 2. The lowest BCUT2D eigenvalue weighted by Gasteiger charge is -2.00. The maximum atomic E-state index is 9.93. The van der Waals surface area contributed by atoms with Crippen molar-refractivity contribution in [2.45, 2.75) is 0 Å². The second-order valence-electron chi connectivity index (χ2n) is 9.10. The minimum absolute atomic E-state index is 0.136. The number of furan rings is 1. The van der Waals surface area contributed by atoms with Crippen molar-refractivity contribution in [3.05, 3.63) is 133 Å². The van der Waals surface area contributed by atoms with Crippen molar-refractivity contribution in [3.8, 4) is 11.5 Å². The molecule has 7 aromatic rings. The quantitative estimate of drug-likeness (QED) is 0.175. The van der Waals surface area contributed by atoms with Gasteiger partial charge in [-0.15, -0.1) is 0 Å². The number of aromatic nitrogens is 2. The van der Waals surface area contributed by atoms with Gasteiger partial charge in [-0.2, -0.15) is 0 Å². The van der Waals surface area contributed by atoms with Crippen LogP contribution in [0, 0.1) is 0 Å². The minimum atomic E-state index is 0.136. The van der Waals surface area contributed by atoms with Crippen LogP contribution >= 0.6 is 0 Å². The summed E-state index contributed by atoms with van der Waals surface area (Å²) in [5.74, 6) is 0.607. The summed E-state index contributed by atoms with van der Waals surface area (Å²) >= 11 is 0. The van der Waals surface area contributed by atoms with Gasteiger partial charge in [0.05, 0.1) is 11.0 Å². The number of nitrogens with zero attached hydrogens (tertiary/aromatic N) is 4. The van der Waals surface area contributed by atoms with Gasteiger partial charge in [0.2, 0.25) is 5.88 Å². The number of fused-ring (bicyclic) bond motifs is 4. The molecule has 0 unspecified atom stereocenters. The molecule has 7 heteroatoms. The van der Waals surface area contributed by atoms with Crippen LogP contribution in [0.5, 0.6) is 11.5 Å². The lowest BCUT2D eigenvalue weighted by molar-refractivity contribution is 0.474. The van der Waals surface area contributed by atoms with E-state index in [4.69, 9.17) is 4.42 Å². The number of phenols is 2. The molecule has 0 fully saturated rings. The van der Waals surface area contributed by atoms with Crippen LogP contribution in [0.2, 0.25) is 0 Å².